The number of rotatable bonds is 3. The third-order valence-electron chi connectivity index (χ3n) is 1.91. The Bertz CT molecular complexity index is 388. The molecule has 1 aromatic rings. The molecular formula is C11H13NO2S. The third-order valence-corrected chi connectivity index (χ3v) is 2.12. The molecule has 0 amide bonds. The Balaban J connectivity index is 2.98. The molecule has 1 rings (SSSR count). The van der Waals surface area contributed by atoms with E-state index in [1.165, 1.54) is 7.11 Å². The number of carbonyl (C=O) groups is 1. The Kier molecular flexibility index (Phi) is 4.24. The summed E-state index contributed by atoms with van der Waals surface area (Å²) in [5.74, 6) is 0.268. The highest BCUT2D eigenvalue weighted by Gasteiger charge is 2.06. The highest BCUT2D eigenvalue weighted by atomic mass is 32.1. The normalized spacial score (nSPS) is 10.5. The summed E-state index contributed by atoms with van der Waals surface area (Å²) in [6, 6.07) is 5.06. The van der Waals surface area contributed by atoms with Crippen LogP contribution in [0.15, 0.2) is 24.3 Å². The van der Waals surface area contributed by atoms with Gasteiger partial charge in [-0.05, 0) is 17.7 Å². The van der Waals surface area contributed by atoms with Crippen molar-refractivity contribution in [2.24, 2.45) is 0 Å². The van der Waals surface area contributed by atoms with E-state index in [2.05, 4.69) is 17.4 Å². The summed E-state index contributed by atoms with van der Waals surface area (Å²) in [6.45, 7) is 0. The summed E-state index contributed by atoms with van der Waals surface area (Å²) in [5, 5.41) is 0. The quantitative estimate of drug-likeness (QED) is 0.468. The molecule has 0 spiro atoms. The first-order chi connectivity index (χ1) is 7.19. The first kappa shape index (κ1) is 11.7. The Hall–Kier alpha value is -1.42. The second-order valence-electron chi connectivity index (χ2n) is 2.92. The van der Waals surface area contributed by atoms with E-state index < -0.39 is 0 Å². The molecule has 0 unspecified atom stereocenters. The van der Waals surface area contributed by atoms with Crippen LogP contribution in [0, 0.1) is 0 Å². The van der Waals surface area contributed by atoms with Crippen molar-refractivity contribution >= 4 is 30.4 Å². The summed E-state index contributed by atoms with van der Waals surface area (Å²) >= 11 is 4.05. The maximum atomic E-state index is 11.2. The zero-order valence-corrected chi connectivity index (χ0v) is 9.33. The maximum Gasteiger partial charge on any atom is 0.337 e. The van der Waals surface area contributed by atoms with E-state index in [1.54, 1.807) is 18.2 Å². The fourth-order valence-electron chi connectivity index (χ4n) is 1.15. The highest BCUT2D eigenvalue weighted by molar-refractivity contribution is 7.80. The minimum Gasteiger partial charge on any atom is -0.465 e. The minimum absolute atomic E-state index is 0.383. The summed E-state index contributed by atoms with van der Waals surface area (Å²) in [7, 11) is 1.34. The van der Waals surface area contributed by atoms with Gasteiger partial charge in [-0.3, -0.25) is 0 Å². The molecule has 2 N–H and O–H groups in total. The maximum absolute atomic E-state index is 11.2. The largest absolute Gasteiger partial charge is 0.465 e. The molecule has 0 fully saturated rings. The van der Waals surface area contributed by atoms with Gasteiger partial charge < -0.3 is 10.5 Å². The van der Waals surface area contributed by atoms with Gasteiger partial charge in [-0.2, -0.15) is 12.6 Å². The number of carbonyl (C=O) groups excluding carboxylic acids is 1. The lowest BCUT2D eigenvalue weighted by Gasteiger charge is -2.03. The molecule has 3 nitrogen and oxygen atoms in total. The van der Waals surface area contributed by atoms with Crippen molar-refractivity contribution in [3.63, 3.8) is 0 Å². The van der Waals surface area contributed by atoms with Gasteiger partial charge in [-0.15, -0.1) is 0 Å². The molecule has 80 valence electrons. The van der Waals surface area contributed by atoms with Gasteiger partial charge in [0, 0.05) is 11.4 Å². The van der Waals surface area contributed by atoms with Gasteiger partial charge in [0.15, 0.2) is 0 Å². The van der Waals surface area contributed by atoms with Crippen LogP contribution in [0.1, 0.15) is 15.9 Å². The van der Waals surface area contributed by atoms with Gasteiger partial charge in [0.05, 0.1) is 12.7 Å². The molecule has 0 saturated heterocycles. The van der Waals surface area contributed by atoms with Crippen LogP contribution in [0.3, 0.4) is 0 Å². The Morgan fingerprint density at radius 2 is 2.33 bits per heavy atom. The summed E-state index contributed by atoms with van der Waals surface area (Å²) in [4.78, 5) is 11.2. The van der Waals surface area contributed by atoms with Gasteiger partial charge >= 0.3 is 5.97 Å². The van der Waals surface area contributed by atoms with Crippen molar-refractivity contribution in [2.45, 2.75) is 0 Å². The molecule has 0 aliphatic heterocycles. The average Bonchev–Trinajstić information content (AvgIpc) is 2.26. The Morgan fingerprint density at radius 1 is 1.60 bits per heavy atom. The lowest BCUT2D eigenvalue weighted by molar-refractivity contribution is 0.0601. The molecule has 0 atom stereocenters. The number of hydrogen-bond donors (Lipinski definition) is 2. The fraction of sp³-hybridized carbons (Fsp3) is 0.182. The number of esters is 1. The minimum atomic E-state index is -0.383. The number of thiol groups is 1. The number of hydrogen-bond acceptors (Lipinski definition) is 4. The molecule has 15 heavy (non-hydrogen) atoms. The van der Waals surface area contributed by atoms with Gasteiger partial charge in [0.25, 0.3) is 0 Å². The number of anilines is 1. The van der Waals surface area contributed by atoms with Gasteiger partial charge in [0.2, 0.25) is 0 Å². The molecule has 0 aliphatic rings. The van der Waals surface area contributed by atoms with E-state index in [4.69, 9.17) is 5.73 Å². The zero-order valence-electron chi connectivity index (χ0n) is 8.43. The highest BCUT2D eigenvalue weighted by Crippen LogP contribution is 2.16. The van der Waals surface area contributed by atoms with Crippen LogP contribution >= 0.6 is 12.6 Å². The van der Waals surface area contributed by atoms with Gasteiger partial charge in [0.1, 0.15) is 0 Å². The van der Waals surface area contributed by atoms with Crippen molar-refractivity contribution in [2.75, 3.05) is 18.6 Å². The van der Waals surface area contributed by atoms with Crippen LogP contribution in [0.25, 0.3) is 6.08 Å². The third kappa shape index (κ3) is 3.02. The fourth-order valence-corrected chi connectivity index (χ4v) is 1.26. The van der Waals surface area contributed by atoms with E-state index in [-0.39, 0.29) is 5.97 Å². The SMILES string of the molecule is COC(=O)c1ccc(C=CCS)c(N)c1. The van der Waals surface area contributed by atoms with E-state index >= 15 is 0 Å². The molecule has 0 heterocycles. The van der Waals surface area contributed by atoms with Gasteiger partial charge in [-0.1, -0.05) is 18.2 Å². The molecule has 0 saturated carbocycles. The van der Waals surface area contributed by atoms with Crippen LogP contribution in [0.2, 0.25) is 0 Å². The zero-order chi connectivity index (χ0) is 11.3. The first-order valence-electron chi connectivity index (χ1n) is 4.44. The standard InChI is InChI=1S/C11H13NO2S/c1-14-11(13)9-5-4-8(3-2-6-15)10(12)7-9/h2-5,7,15H,6,12H2,1H3. The smallest absolute Gasteiger partial charge is 0.337 e. The van der Waals surface area contributed by atoms with Crippen molar-refractivity contribution in [1.82, 2.24) is 0 Å². The topological polar surface area (TPSA) is 52.3 Å². The van der Waals surface area contributed by atoms with E-state index in [9.17, 15) is 4.79 Å². The lowest BCUT2D eigenvalue weighted by Crippen LogP contribution is -2.02. The number of nitrogen functional groups attached to an aromatic ring is 1. The molecule has 1 aromatic carbocycles. The molecule has 0 aliphatic carbocycles. The average molecular weight is 223 g/mol. The number of methoxy groups -OCH3 is 1. The molecular weight excluding hydrogens is 210 g/mol. The van der Waals surface area contributed by atoms with Gasteiger partial charge in [-0.25, -0.2) is 4.79 Å². The second kappa shape index (κ2) is 5.46. The summed E-state index contributed by atoms with van der Waals surface area (Å²) < 4.78 is 4.59. The monoisotopic (exact) mass is 223 g/mol. The molecule has 4 heteroatoms. The van der Waals surface area contributed by atoms with Crippen molar-refractivity contribution in [3.8, 4) is 0 Å². The van der Waals surface area contributed by atoms with Crippen molar-refractivity contribution in [3.05, 3.63) is 35.4 Å². The van der Waals surface area contributed by atoms with Crippen LogP contribution in [-0.2, 0) is 4.74 Å². The Labute approximate surface area is 94.3 Å². The van der Waals surface area contributed by atoms with Crippen LogP contribution in [0.4, 0.5) is 5.69 Å². The number of benzene rings is 1. The lowest BCUT2D eigenvalue weighted by atomic mass is 10.1. The first-order valence-corrected chi connectivity index (χ1v) is 5.07. The predicted octanol–water partition coefficient (Wildman–Crippen LogP) is 2.00. The number of nitrogens with two attached hydrogens (primary N) is 1. The molecule has 0 bridgehead atoms. The van der Waals surface area contributed by atoms with Crippen molar-refractivity contribution in [1.29, 1.82) is 0 Å². The Morgan fingerprint density at radius 3 is 2.87 bits per heavy atom. The second-order valence-corrected chi connectivity index (χ2v) is 3.29. The van der Waals surface area contributed by atoms with E-state index in [0.29, 0.717) is 17.0 Å². The molecule has 0 aromatic heterocycles. The van der Waals surface area contributed by atoms with Crippen LogP contribution in [-0.4, -0.2) is 18.8 Å². The summed E-state index contributed by atoms with van der Waals surface area (Å²) in [6.07, 6.45) is 3.75. The van der Waals surface area contributed by atoms with Crippen LogP contribution < -0.4 is 5.73 Å². The van der Waals surface area contributed by atoms with E-state index in [1.807, 2.05) is 12.2 Å². The van der Waals surface area contributed by atoms with Crippen LogP contribution in [0.5, 0.6) is 0 Å². The van der Waals surface area contributed by atoms with Crippen molar-refractivity contribution < 1.29 is 9.53 Å². The van der Waals surface area contributed by atoms with E-state index in [0.717, 1.165) is 5.56 Å². The molecule has 0 radical (unpaired) electrons. The number of ether oxygens (including phenoxy) is 1. The summed E-state index contributed by atoms with van der Waals surface area (Å²) in [5.41, 5.74) is 7.65. The predicted molar refractivity (Wildman–Crippen MR) is 65.1 cm³/mol.